The summed E-state index contributed by atoms with van der Waals surface area (Å²) in [6, 6.07) is 18.8. The average Bonchev–Trinajstić information content (AvgIpc) is 2.93. The van der Waals surface area contributed by atoms with Gasteiger partial charge in [0.1, 0.15) is 11.9 Å². The van der Waals surface area contributed by atoms with Gasteiger partial charge < -0.3 is 9.47 Å². The highest BCUT2D eigenvalue weighted by Gasteiger charge is 2.79. The number of nitriles is 3. The predicted octanol–water partition coefficient (Wildman–Crippen LogP) is 4.70. The number of benzene rings is 2. The van der Waals surface area contributed by atoms with Gasteiger partial charge >= 0.3 is 0 Å². The molecule has 2 aromatic rings. The summed E-state index contributed by atoms with van der Waals surface area (Å²) < 4.78 is 26.2. The largest absolute Gasteiger partial charge is 0.443 e. The van der Waals surface area contributed by atoms with Crippen molar-refractivity contribution >= 4 is 21.8 Å². The number of nitrogens with zero attached hydrogens (tertiary/aromatic N) is 3. The molecule has 4 atom stereocenters. The number of halogens is 2. The molecule has 8 heteroatoms. The van der Waals surface area contributed by atoms with Crippen molar-refractivity contribution < 1.29 is 13.9 Å². The van der Waals surface area contributed by atoms with E-state index < -0.39 is 40.4 Å². The summed E-state index contributed by atoms with van der Waals surface area (Å²) >= 11 is 3.12. The molecule has 4 unspecified atom stereocenters. The van der Waals surface area contributed by atoms with E-state index in [1.807, 2.05) is 12.1 Å². The first-order valence-electron chi connectivity index (χ1n) is 9.03. The highest BCUT2D eigenvalue weighted by Crippen LogP contribution is 2.68. The van der Waals surface area contributed by atoms with Gasteiger partial charge in [-0.1, -0.05) is 43.3 Å². The van der Waals surface area contributed by atoms with Crippen LogP contribution in [0.15, 0.2) is 53.0 Å². The summed E-state index contributed by atoms with van der Waals surface area (Å²) in [5, 5.41) is 39.1. The van der Waals surface area contributed by atoms with E-state index in [0.717, 1.165) is 0 Å². The van der Waals surface area contributed by atoms with Crippen molar-refractivity contribution in [3.05, 3.63) is 69.9 Å². The van der Waals surface area contributed by atoms with E-state index in [-0.39, 0.29) is 4.47 Å². The molecule has 0 saturated carbocycles. The lowest BCUT2D eigenvalue weighted by atomic mass is 9.53. The molecule has 1 N–H and O–H groups in total. The van der Waals surface area contributed by atoms with Crippen LogP contribution in [-0.2, 0) is 15.3 Å². The van der Waals surface area contributed by atoms with E-state index >= 15 is 0 Å². The maximum atomic E-state index is 13.9. The molecule has 2 heterocycles. The average molecular weight is 465 g/mol. The second-order valence-electron chi connectivity index (χ2n) is 7.31. The van der Waals surface area contributed by atoms with E-state index in [1.54, 1.807) is 37.3 Å². The van der Waals surface area contributed by atoms with Crippen LogP contribution in [0.4, 0.5) is 4.39 Å². The molecular formula is C22H14BrFN4O2. The van der Waals surface area contributed by atoms with Crippen molar-refractivity contribution in [2.24, 2.45) is 16.7 Å². The lowest BCUT2D eigenvalue weighted by Gasteiger charge is -2.48. The maximum absolute atomic E-state index is 13.9. The molecule has 6 nitrogen and oxygen atoms in total. The molecule has 2 fully saturated rings. The second kappa shape index (κ2) is 6.64. The van der Waals surface area contributed by atoms with Crippen LogP contribution in [-0.4, -0.2) is 5.90 Å². The number of hydrogen-bond acceptors (Lipinski definition) is 6. The highest BCUT2D eigenvalue weighted by molar-refractivity contribution is 9.10. The first kappa shape index (κ1) is 20.0. The van der Waals surface area contributed by atoms with Crippen LogP contribution in [0.1, 0.15) is 24.2 Å². The Morgan fingerprint density at radius 2 is 1.73 bits per heavy atom. The number of hydrogen-bond donors (Lipinski definition) is 1. The smallest absolute Gasteiger partial charge is 0.244 e. The van der Waals surface area contributed by atoms with Crippen molar-refractivity contribution in [1.29, 1.82) is 21.2 Å². The van der Waals surface area contributed by atoms with E-state index in [0.29, 0.717) is 11.1 Å². The van der Waals surface area contributed by atoms with Gasteiger partial charge in [0.05, 0.1) is 28.6 Å². The van der Waals surface area contributed by atoms with Crippen LogP contribution in [0, 0.1) is 62.0 Å². The third-order valence-corrected chi connectivity index (χ3v) is 6.70. The molecule has 4 rings (SSSR count). The first-order valence-corrected chi connectivity index (χ1v) is 9.82. The van der Waals surface area contributed by atoms with Crippen molar-refractivity contribution in [2.75, 3.05) is 0 Å². The molecule has 2 aliphatic heterocycles. The third-order valence-electron chi connectivity index (χ3n) is 6.09. The number of ether oxygens (including phenoxy) is 2. The summed E-state index contributed by atoms with van der Waals surface area (Å²) in [6.07, 6.45) is -1.27. The van der Waals surface area contributed by atoms with Crippen LogP contribution < -0.4 is 0 Å². The van der Waals surface area contributed by atoms with Gasteiger partial charge in [-0.25, -0.2) is 4.39 Å². The minimum absolute atomic E-state index is 0.120. The van der Waals surface area contributed by atoms with Crippen molar-refractivity contribution in [1.82, 2.24) is 0 Å². The zero-order chi connectivity index (χ0) is 21.7. The van der Waals surface area contributed by atoms with Crippen molar-refractivity contribution in [2.45, 2.75) is 18.8 Å². The number of rotatable bonds is 2. The summed E-state index contributed by atoms with van der Waals surface area (Å²) in [5.41, 5.74) is -3.12. The van der Waals surface area contributed by atoms with Crippen molar-refractivity contribution in [3.8, 4) is 18.2 Å². The summed E-state index contributed by atoms with van der Waals surface area (Å²) in [6.45, 7) is 1.64. The van der Waals surface area contributed by atoms with Gasteiger partial charge in [0.2, 0.25) is 17.1 Å². The molecule has 2 saturated heterocycles. The predicted molar refractivity (Wildman–Crippen MR) is 106 cm³/mol. The topological polar surface area (TPSA) is 114 Å². The fourth-order valence-corrected chi connectivity index (χ4v) is 4.91. The quantitative estimate of drug-likeness (QED) is 0.691. The molecule has 0 amide bonds. The van der Waals surface area contributed by atoms with E-state index in [4.69, 9.17) is 14.9 Å². The standard InChI is InChI=1S/C22H14BrFN4O2/c1-13-21(12-27)19(28)30-22(13,15-5-3-2-4-6-15)29-18(20(21,10-25)11-26)14-7-8-17(24)16(23)9-14/h2-9,13,18,28H,1H3. The monoisotopic (exact) mass is 464 g/mol. The van der Waals surface area contributed by atoms with Crippen LogP contribution in [0.3, 0.4) is 0 Å². The molecule has 2 aliphatic rings. The molecular weight excluding hydrogens is 451 g/mol. The molecule has 0 aromatic heterocycles. The van der Waals surface area contributed by atoms with Crippen LogP contribution >= 0.6 is 15.9 Å². The Morgan fingerprint density at radius 1 is 1.07 bits per heavy atom. The van der Waals surface area contributed by atoms with Crippen LogP contribution in [0.5, 0.6) is 0 Å². The zero-order valence-corrected chi connectivity index (χ0v) is 17.3. The Morgan fingerprint density at radius 3 is 2.30 bits per heavy atom. The fraction of sp³-hybridized carbons (Fsp3) is 0.273. The number of fused-ring (bicyclic) bond motifs is 2. The van der Waals surface area contributed by atoms with Gasteiger partial charge in [0, 0.05) is 5.56 Å². The van der Waals surface area contributed by atoms with Crippen LogP contribution in [0.25, 0.3) is 0 Å². The van der Waals surface area contributed by atoms with Gasteiger partial charge in [-0.2, -0.15) is 15.8 Å². The van der Waals surface area contributed by atoms with Gasteiger partial charge in [0.25, 0.3) is 0 Å². The molecule has 2 bridgehead atoms. The lowest BCUT2D eigenvalue weighted by molar-refractivity contribution is -0.288. The molecule has 148 valence electrons. The molecule has 2 aromatic carbocycles. The van der Waals surface area contributed by atoms with Crippen LogP contribution in [0.2, 0.25) is 0 Å². The minimum Gasteiger partial charge on any atom is -0.443 e. The van der Waals surface area contributed by atoms with E-state index in [9.17, 15) is 20.2 Å². The summed E-state index contributed by atoms with van der Waals surface area (Å²) in [4.78, 5) is 0. The normalized spacial score (nSPS) is 31.1. The van der Waals surface area contributed by atoms with Gasteiger partial charge in [-0.3, -0.25) is 5.41 Å². The Balaban J connectivity index is 2.05. The Kier molecular flexibility index (Phi) is 4.43. The van der Waals surface area contributed by atoms with Gasteiger partial charge in [-0.15, -0.1) is 0 Å². The minimum atomic E-state index is -2.09. The maximum Gasteiger partial charge on any atom is 0.244 e. The molecule has 30 heavy (non-hydrogen) atoms. The SMILES string of the molecule is CC1C2(c3ccccc3)OC(=N)C1(C#N)C(C#N)(C#N)C(c1ccc(F)c(Br)c1)O2. The zero-order valence-electron chi connectivity index (χ0n) is 15.7. The Bertz CT molecular complexity index is 1170. The van der Waals surface area contributed by atoms with E-state index in [2.05, 4.69) is 22.0 Å². The number of nitrogens with one attached hydrogen (secondary N) is 1. The molecule has 0 radical (unpaired) electrons. The van der Waals surface area contributed by atoms with Crippen molar-refractivity contribution in [3.63, 3.8) is 0 Å². The molecule has 0 spiro atoms. The van der Waals surface area contributed by atoms with Gasteiger partial charge in [0.15, 0.2) is 5.41 Å². The van der Waals surface area contributed by atoms with E-state index in [1.165, 1.54) is 18.2 Å². The first-order chi connectivity index (χ1) is 14.3. The summed E-state index contributed by atoms with van der Waals surface area (Å²) in [7, 11) is 0. The summed E-state index contributed by atoms with van der Waals surface area (Å²) in [5.74, 6) is -3.42. The fourth-order valence-electron chi connectivity index (χ4n) is 4.51. The second-order valence-corrected chi connectivity index (χ2v) is 8.16. The third kappa shape index (κ3) is 2.20. The molecule has 0 aliphatic carbocycles. The lowest BCUT2D eigenvalue weighted by Crippen LogP contribution is -2.57. The highest BCUT2D eigenvalue weighted by atomic mass is 79.9. The Labute approximate surface area is 180 Å². The Hall–Kier alpha value is -3.25. The van der Waals surface area contributed by atoms with Gasteiger partial charge in [-0.05, 0) is 33.6 Å².